The minimum Gasteiger partial charge on any atom is -0.341 e. The molecule has 1 heterocycles. The Morgan fingerprint density at radius 2 is 1.65 bits per heavy atom. The van der Waals surface area contributed by atoms with Gasteiger partial charge in [-0.15, -0.1) is 0 Å². The summed E-state index contributed by atoms with van der Waals surface area (Å²) in [5.74, 6) is 0.265. The summed E-state index contributed by atoms with van der Waals surface area (Å²) in [5.41, 5.74) is 6.73. The van der Waals surface area contributed by atoms with Crippen LogP contribution >= 0.6 is 0 Å². The molecule has 0 unspecified atom stereocenters. The number of nitrogens with two attached hydrogens (primary N) is 1. The molecule has 0 radical (unpaired) electrons. The van der Waals surface area contributed by atoms with Gasteiger partial charge in [0.1, 0.15) is 0 Å². The van der Waals surface area contributed by atoms with Crippen molar-refractivity contribution in [3.63, 3.8) is 0 Å². The van der Waals surface area contributed by atoms with Gasteiger partial charge in [-0.1, -0.05) is 26.0 Å². The smallest absolute Gasteiger partial charge is 0.239 e. The van der Waals surface area contributed by atoms with E-state index in [1.807, 2.05) is 12.1 Å². The molecule has 1 aliphatic heterocycles. The standard InChI is InChI=1S/C17H26N2O3S/c1-12(2)14-4-6-15(7-5-14)23(21,22)16-8-10-19(11-9-16)17(20)13(3)18/h4-7,12-13,16H,8-11,18H2,1-3H3/t13-/m0/s1. The molecule has 1 fully saturated rings. The number of carbonyl (C=O) groups excluding carboxylic acids is 1. The highest BCUT2D eigenvalue weighted by Crippen LogP contribution is 2.26. The van der Waals surface area contributed by atoms with Crippen molar-refractivity contribution in [1.82, 2.24) is 4.90 Å². The highest BCUT2D eigenvalue weighted by Gasteiger charge is 2.33. The van der Waals surface area contributed by atoms with Crippen molar-refractivity contribution in [2.75, 3.05) is 13.1 Å². The third kappa shape index (κ3) is 3.93. The minimum atomic E-state index is -3.34. The zero-order valence-electron chi connectivity index (χ0n) is 14.0. The van der Waals surface area contributed by atoms with E-state index in [-0.39, 0.29) is 5.91 Å². The summed E-state index contributed by atoms with van der Waals surface area (Å²) >= 11 is 0. The van der Waals surface area contributed by atoms with Crippen molar-refractivity contribution in [3.8, 4) is 0 Å². The molecule has 2 rings (SSSR count). The van der Waals surface area contributed by atoms with Crippen LogP contribution in [0.2, 0.25) is 0 Å². The second-order valence-electron chi connectivity index (χ2n) is 6.58. The second-order valence-corrected chi connectivity index (χ2v) is 8.81. The first kappa shape index (κ1) is 17.9. The van der Waals surface area contributed by atoms with E-state index in [2.05, 4.69) is 13.8 Å². The van der Waals surface area contributed by atoms with Gasteiger partial charge < -0.3 is 10.6 Å². The van der Waals surface area contributed by atoms with Crippen LogP contribution in [0, 0.1) is 0 Å². The predicted octanol–water partition coefficient (Wildman–Crippen LogP) is 1.92. The van der Waals surface area contributed by atoms with Crippen molar-refractivity contribution in [1.29, 1.82) is 0 Å². The summed E-state index contributed by atoms with van der Waals surface area (Å²) in [6.45, 7) is 6.72. The van der Waals surface area contributed by atoms with E-state index in [0.29, 0.717) is 36.7 Å². The Morgan fingerprint density at radius 3 is 2.09 bits per heavy atom. The number of hydrogen-bond donors (Lipinski definition) is 1. The first-order valence-corrected chi connectivity index (χ1v) is 9.66. The summed E-state index contributed by atoms with van der Waals surface area (Å²) in [6.07, 6.45) is 0.930. The largest absolute Gasteiger partial charge is 0.341 e. The molecule has 128 valence electrons. The van der Waals surface area contributed by atoms with Gasteiger partial charge in [0, 0.05) is 13.1 Å². The van der Waals surface area contributed by atoms with Crippen LogP contribution in [-0.4, -0.2) is 43.6 Å². The highest BCUT2D eigenvalue weighted by molar-refractivity contribution is 7.92. The Kier molecular flexibility index (Phi) is 5.47. The molecule has 0 spiro atoms. The van der Waals surface area contributed by atoms with Crippen molar-refractivity contribution in [3.05, 3.63) is 29.8 Å². The van der Waals surface area contributed by atoms with Crippen molar-refractivity contribution in [2.45, 2.75) is 55.7 Å². The van der Waals surface area contributed by atoms with Gasteiger partial charge in [-0.05, 0) is 43.4 Å². The van der Waals surface area contributed by atoms with Crippen molar-refractivity contribution >= 4 is 15.7 Å². The highest BCUT2D eigenvalue weighted by atomic mass is 32.2. The summed E-state index contributed by atoms with van der Waals surface area (Å²) < 4.78 is 25.5. The number of hydrogen-bond acceptors (Lipinski definition) is 4. The Labute approximate surface area is 138 Å². The molecule has 6 heteroatoms. The third-order valence-corrected chi connectivity index (χ3v) is 6.74. The van der Waals surface area contributed by atoms with Crippen molar-refractivity contribution in [2.24, 2.45) is 5.73 Å². The van der Waals surface area contributed by atoms with Gasteiger partial charge in [0.15, 0.2) is 9.84 Å². The van der Waals surface area contributed by atoms with Gasteiger partial charge >= 0.3 is 0 Å². The number of nitrogens with zero attached hydrogens (tertiary/aromatic N) is 1. The van der Waals surface area contributed by atoms with E-state index in [4.69, 9.17) is 5.73 Å². The summed E-state index contributed by atoms with van der Waals surface area (Å²) in [6, 6.07) is 6.62. The van der Waals surface area contributed by atoms with Crippen LogP contribution in [-0.2, 0) is 14.6 Å². The Hall–Kier alpha value is -1.40. The average molecular weight is 338 g/mol. The lowest BCUT2D eigenvalue weighted by molar-refractivity contribution is -0.133. The van der Waals surface area contributed by atoms with Crippen LogP contribution in [0.15, 0.2) is 29.2 Å². The fourth-order valence-electron chi connectivity index (χ4n) is 2.91. The van der Waals surface area contributed by atoms with Crippen LogP contribution in [0.1, 0.15) is 45.1 Å². The van der Waals surface area contributed by atoms with Crippen LogP contribution in [0.3, 0.4) is 0 Å². The fourth-order valence-corrected chi connectivity index (χ4v) is 4.64. The molecule has 0 aliphatic carbocycles. The Balaban J connectivity index is 2.08. The normalized spacial score (nSPS) is 18.2. The Bertz CT molecular complexity index is 643. The van der Waals surface area contributed by atoms with E-state index < -0.39 is 21.1 Å². The van der Waals surface area contributed by atoms with Crippen LogP contribution < -0.4 is 5.73 Å². The maximum absolute atomic E-state index is 12.8. The molecular weight excluding hydrogens is 312 g/mol. The zero-order chi connectivity index (χ0) is 17.2. The predicted molar refractivity (Wildman–Crippen MR) is 91.0 cm³/mol. The molecule has 0 saturated carbocycles. The second kappa shape index (κ2) is 7.01. The lowest BCUT2D eigenvalue weighted by Crippen LogP contribution is -2.48. The minimum absolute atomic E-state index is 0.109. The molecule has 1 amide bonds. The van der Waals surface area contributed by atoms with E-state index in [1.165, 1.54) is 0 Å². The maximum atomic E-state index is 12.8. The average Bonchev–Trinajstić information content (AvgIpc) is 2.54. The van der Waals surface area contributed by atoms with Gasteiger partial charge in [-0.2, -0.15) is 0 Å². The molecule has 1 atom stereocenters. The topological polar surface area (TPSA) is 80.5 Å². The molecule has 2 N–H and O–H groups in total. The summed E-state index contributed by atoms with van der Waals surface area (Å²) in [4.78, 5) is 13.9. The maximum Gasteiger partial charge on any atom is 0.239 e. The number of amides is 1. The molecule has 1 aromatic rings. The molecular formula is C17H26N2O3S. The first-order chi connectivity index (χ1) is 10.7. The summed E-state index contributed by atoms with van der Waals surface area (Å²) in [5, 5.41) is -0.426. The van der Waals surface area contributed by atoms with E-state index in [1.54, 1.807) is 24.0 Å². The lowest BCUT2D eigenvalue weighted by Gasteiger charge is -2.32. The SMILES string of the molecule is CC(C)c1ccc(S(=O)(=O)C2CCN(C(=O)[C@H](C)N)CC2)cc1. The van der Waals surface area contributed by atoms with Crippen LogP contribution in [0.4, 0.5) is 0 Å². The van der Waals surface area contributed by atoms with E-state index in [0.717, 1.165) is 5.56 Å². The van der Waals surface area contributed by atoms with Gasteiger partial charge in [-0.25, -0.2) is 8.42 Å². The number of piperidine rings is 1. The van der Waals surface area contributed by atoms with E-state index >= 15 is 0 Å². The number of carbonyl (C=O) groups is 1. The molecule has 23 heavy (non-hydrogen) atoms. The van der Waals surface area contributed by atoms with Crippen LogP contribution in [0.25, 0.3) is 0 Å². The molecule has 0 bridgehead atoms. The zero-order valence-corrected chi connectivity index (χ0v) is 14.8. The van der Waals surface area contributed by atoms with Gasteiger partial charge in [-0.3, -0.25) is 4.79 Å². The number of likely N-dealkylation sites (tertiary alicyclic amines) is 1. The molecule has 0 aromatic heterocycles. The molecule has 1 aliphatic rings. The quantitative estimate of drug-likeness (QED) is 0.909. The van der Waals surface area contributed by atoms with Gasteiger partial charge in [0.25, 0.3) is 0 Å². The lowest BCUT2D eigenvalue weighted by atomic mass is 10.0. The molecule has 1 saturated heterocycles. The monoisotopic (exact) mass is 338 g/mol. The first-order valence-electron chi connectivity index (χ1n) is 8.11. The summed E-state index contributed by atoms with van der Waals surface area (Å²) in [7, 11) is -3.34. The number of rotatable bonds is 4. The molecule has 1 aromatic carbocycles. The van der Waals surface area contributed by atoms with E-state index in [9.17, 15) is 13.2 Å². The van der Waals surface area contributed by atoms with Crippen molar-refractivity contribution < 1.29 is 13.2 Å². The third-order valence-electron chi connectivity index (χ3n) is 4.46. The number of sulfone groups is 1. The fraction of sp³-hybridized carbons (Fsp3) is 0.588. The van der Waals surface area contributed by atoms with Gasteiger partial charge in [0.05, 0.1) is 16.2 Å². The Morgan fingerprint density at radius 1 is 1.13 bits per heavy atom. The number of benzene rings is 1. The van der Waals surface area contributed by atoms with Crippen LogP contribution in [0.5, 0.6) is 0 Å². The molecule has 5 nitrogen and oxygen atoms in total. The van der Waals surface area contributed by atoms with Gasteiger partial charge in [0.2, 0.25) is 5.91 Å².